The van der Waals surface area contributed by atoms with Crippen molar-refractivity contribution in [3.63, 3.8) is 0 Å². The van der Waals surface area contributed by atoms with Gasteiger partial charge in [-0.1, -0.05) is 51.5 Å². The molecule has 13 heteroatoms. The topological polar surface area (TPSA) is 68.4 Å². The maximum atomic E-state index is 14.6. The Labute approximate surface area is 193 Å². The fourth-order valence-corrected chi connectivity index (χ4v) is 3.66. The molecule has 0 aliphatic heterocycles. The largest absolute Gasteiger partial charge is 0.431 e. The number of nitrogens with one attached hydrogen (secondary N) is 1. The number of alkyl halides is 3. The molecule has 0 saturated heterocycles. The summed E-state index contributed by atoms with van der Waals surface area (Å²) in [5.41, 5.74) is -1.54. The minimum absolute atomic E-state index is 0.147. The molecule has 0 bridgehead atoms. The Morgan fingerprint density at radius 2 is 1.75 bits per heavy atom. The van der Waals surface area contributed by atoms with Crippen molar-refractivity contribution in [2.45, 2.75) is 40.8 Å². The van der Waals surface area contributed by atoms with Crippen molar-refractivity contribution < 1.29 is 26.0 Å². The second-order valence-corrected chi connectivity index (χ2v) is 8.42. The fourth-order valence-electron chi connectivity index (χ4n) is 2.47. The normalized spacial score (nSPS) is 11.3. The van der Waals surface area contributed by atoms with E-state index in [1.807, 2.05) is 27.7 Å². The summed E-state index contributed by atoms with van der Waals surface area (Å²) in [6, 6.07) is 2.54. The van der Waals surface area contributed by atoms with Crippen LogP contribution in [0.5, 0.6) is 0 Å². The maximum absolute atomic E-state index is 14.6. The summed E-state index contributed by atoms with van der Waals surface area (Å²) in [7, 11) is -3.74. The molecule has 3 rings (SSSR count). The Balaban J connectivity index is 0.00000121. The van der Waals surface area contributed by atoms with Crippen molar-refractivity contribution in [2.75, 3.05) is 10.5 Å². The SMILES string of the molecule is CC.CC.CCS(=O)(=O)Nc1cc(-n2c(=S)cc(C(F)(F)F)n3ccnc23)c(F)cc1Cl. The number of imidazole rings is 1. The number of anilines is 1. The van der Waals surface area contributed by atoms with Gasteiger partial charge in [0.1, 0.15) is 16.2 Å². The van der Waals surface area contributed by atoms with Crippen LogP contribution in [0, 0.1) is 10.5 Å². The monoisotopic (exact) mass is 514 g/mol. The summed E-state index contributed by atoms with van der Waals surface area (Å²) in [6.45, 7) is 9.39. The molecule has 2 aromatic heterocycles. The van der Waals surface area contributed by atoms with Crippen LogP contribution in [-0.4, -0.2) is 28.1 Å². The third kappa shape index (κ3) is 5.99. The van der Waals surface area contributed by atoms with Crippen molar-refractivity contribution in [1.82, 2.24) is 14.0 Å². The molecule has 1 N–H and O–H groups in total. The van der Waals surface area contributed by atoms with Crippen LogP contribution in [0.2, 0.25) is 5.02 Å². The number of aromatic nitrogens is 3. The van der Waals surface area contributed by atoms with Crippen molar-refractivity contribution in [2.24, 2.45) is 0 Å². The van der Waals surface area contributed by atoms with E-state index in [4.69, 9.17) is 23.8 Å². The zero-order valence-corrected chi connectivity index (χ0v) is 20.3. The van der Waals surface area contributed by atoms with E-state index in [0.29, 0.717) is 10.5 Å². The molecule has 0 aliphatic rings. The summed E-state index contributed by atoms with van der Waals surface area (Å²) in [5, 5.41) is -0.226. The van der Waals surface area contributed by atoms with E-state index >= 15 is 0 Å². The lowest BCUT2D eigenvalue weighted by atomic mass is 10.2. The van der Waals surface area contributed by atoms with Gasteiger partial charge in [0.05, 0.1) is 22.2 Å². The van der Waals surface area contributed by atoms with Crippen LogP contribution in [0.3, 0.4) is 0 Å². The molecular formula is C19H23ClF4N4O2S2. The Bertz CT molecular complexity index is 1240. The van der Waals surface area contributed by atoms with Gasteiger partial charge >= 0.3 is 6.18 Å². The molecule has 2 heterocycles. The van der Waals surface area contributed by atoms with Crippen LogP contribution in [0.15, 0.2) is 30.6 Å². The summed E-state index contributed by atoms with van der Waals surface area (Å²) in [6.07, 6.45) is -2.56. The second-order valence-electron chi connectivity index (χ2n) is 5.59. The van der Waals surface area contributed by atoms with Gasteiger partial charge in [-0.2, -0.15) is 13.2 Å². The summed E-state index contributed by atoms with van der Waals surface area (Å²) in [4.78, 5) is 3.83. The van der Waals surface area contributed by atoms with E-state index in [0.717, 1.165) is 29.1 Å². The number of nitrogens with zero attached hydrogens (tertiary/aromatic N) is 3. The standard InChI is InChI=1S/C15H11ClF4N4O2S2.2C2H6/c1-2-28(25,26)22-10-6-11(9(17)5-8(10)16)24-13(27)7-12(15(18,19)20)23-4-3-21-14(23)24;2*1-2/h3-7,22H,2H2,1H3;2*1-2H3. The molecule has 0 amide bonds. The lowest BCUT2D eigenvalue weighted by Crippen LogP contribution is -2.17. The first kappa shape index (κ1) is 27.9. The van der Waals surface area contributed by atoms with Crippen LogP contribution < -0.4 is 4.72 Å². The molecule has 6 nitrogen and oxygen atoms in total. The molecule has 0 unspecified atom stereocenters. The van der Waals surface area contributed by atoms with E-state index in [-0.39, 0.29) is 32.6 Å². The zero-order chi connectivity index (χ0) is 24.9. The van der Waals surface area contributed by atoms with Gasteiger partial charge in [0.25, 0.3) is 0 Å². The first-order valence-corrected chi connectivity index (χ1v) is 12.0. The third-order valence-corrected chi connectivity index (χ3v) is 5.68. The molecular weight excluding hydrogens is 492 g/mol. The van der Waals surface area contributed by atoms with Gasteiger partial charge in [-0.05, 0) is 19.1 Å². The highest BCUT2D eigenvalue weighted by Crippen LogP contribution is 2.33. The Kier molecular flexibility index (Phi) is 9.66. The van der Waals surface area contributed by atoms with Crippen molar-refractivity contribution in [1.29, 1.82) is 0 Å². The van der Waals surface area contributed by atoms with E-state index in [2.05, 4.69) is 9.71 Å². The van der Waals surface area contributed by atoms with E-state index < -0.39 is 27.7 Å². The second kappa shape index (κ2) is 11.1. The molecule has 0 radical (unpaired) electrons. The van der Waals surface area contributed by atoms with Crippen LogP contribution in [0.1, 0.15) is 40.3 Å². The minimum atomic E-state index is -4.72. The van der Waals surface area contributed by atoms with Crippen LogP contribution in [0.4, 0.5) is 23.2 Å². The molecule has 0 aliphatic carbocycles. The molecule has 0 saturated carbocycles. The van der Waals surface area contributed by atoms with E-state index in [9.17, 15) is 26.0 Å². The third-order valence-electron chi connectivity index (χ3n) is 3.77. The quantitative estimate of drug-likeness (QED) is 0.319. The summed E-state index contributed by atoms with van der Waals surface area (Å²) in [5.74, 6) is -1.49. The highest BCUT2D eigenvalue weighted by Gasteiger charge is 2.34. The number of rotatable bonds is 4. The Morgan fingerprint density at radius 1 is 1.16 bits per heavy atom. The van der Waals surface area contributed by atoms with Gasteiger partial charge < -0.3 is 0 Å². The Hall–Kier alpha value is -2.18. The van der Waals surface area contributed by atoms with Crippen molar-refractivity contribution >= 4 is 45.3 Å². The highest BCUT2D eigenvalue weighted by atomic mass is 35.5. The van der Waals surface area contributed by atoms with Crippen LogP contribution >= 0.6 is 23.8 Å². The van der Waals surface area contributed by atoms with Crippen LogP contribution in [-0.2, 0) is 16.2 Å². The Morgan fingerprint density at radius 3 is 2.28 bits per heavy atom. The van der Waals surface area contributed by atoms with Gasteiger partial charge in [-0.25, -0.2) is 17.8 Å². The smallest absolute Gasteiger partial charge is 0.282 e. The number of halogens is 5. The average molecular weight is 515 g/mol. The number of sulfonamides is 1. The number of fused-ring (bicyclic) bond motifs is 1. The minimum Gasteiger partial charge on any atom is -0.282 e. The van der Waals surface area contributed by atoms with Gasteiger partial charge in [-0.3, -0.25) is 13.7 Å². The molecule has 3 aromatic rings. The lowest BCUT2D eigenvalue weighted by molar-refractivity contribution is -0.142. The fraction of sp³-hybridized carbons (Fsp3) is 0.368. The average Bonchev–Trinajstić information content (AvgIpc) is 3.21. The number of benzene rings is 1. The van der Waals surface area contributed by atoms with E-state index in [1.54, 1.807) is 0 Å². The molecule has 32 heavy (non-hydrogen) atoms. The first-order valence-electron chi connectivity index (χ1n) is 9.61. The van der Waals surface area contributed by atoms with Crippen molar-refractivity contribution in [3.05, 3.63) is 51.8 Å². The van der Waals surface area contributed by atoms with Gasteiger partial charge in [0.2, 0.25) is 15.8 Å². The molecule has 0 spiro atoms. The molecule has 178 valence electrons. The predicted octanol–water partition coefficient (Wildman–Crippen LogP) is 6.48. The number of hydrogen-bond acceptors (Lipinski definition) is 4. The van der Waals surface area contributed by atoms with Gasteiger partial charge in [-0.15, -0.1) is 0 Å². The first-order chi connectivity index (χ1) is 14.9. The molecule has 0 fully saturated rings. The van der Waals surface area contributed by atoms with Crippen LogP contribution in [0.25, 0.3) is 11.5 Å². The summed E-state index contributed by atoms with van der Waals surface area (Å²) >= 11 is 10.9. The molecule has 0 atom stereocenters. The zero-order valence-electron chi connectivity index (χ0n) is 18.0. The molecule has 1 aromatic carbocycles. The summed E-state index contributed by atoms with van der Waals surface area (Å²) < 4.78 is 81.5. The highest BCUT2D eigenvalue weighted by molar-refractivity contribution is 7.92. The maximum Gasteiger partial charge on any atom is 0.431 e. The van der Waals surface area contributed by atoms with Crippen molar-refractivity contribution in [3.8, 4) is 5.69 Å². The predicted molar refractivity (Wildman–Crippen MR) is 121 cm³/mol. The number of hydrogen-bond donors (Lipinski definition) is 1. The van der Waals surface area contributed by atoms with Gasteiger partial charge in [0.15, 0.2) is 0 Å². The van der Waals surface area contributed by atoms with E-state index in [1.165, 1.54) is 6.92 Å². The lowest BCUT2D eigenvalue weighted by Gasteiger charge is -2.16. The van der Waals surface area contributed by atoms with Gasteiger partial charge in [0, 0.05) is 18.5 Å².